The van der Waals surface area contributed by atoms with E-state index in [1.165, 1.54) is 6.42 Å². The molecule has 1 aromatic rings. The van der Waals surface area contributed by atoms with Crippen LogP contribution >= 0.6 is 15.9 Å². The highest BCUT2D eigenvalue weighted by atomic mass is 79.9. The van der Waals surface area contributed by atoms with Gasteiger partial charge in [-0.2, -0.15) is 0 Å². The van der Waals surface area contributed by atoms with Crippen molar-refractivity contribution in [2.24, 2.45) is 0 Å². The first-order valence-corrected chi connectivity index (χ1v) is 7.96. The second-order valence-corrected chi connectivity index (χ2v) is 6.56. The number of aromatic nitrogens is 1. The van der Waals surface area contributed by atoms with E-state index in [4.69, 9.17) is 0 Å². The van der Waals surface area contributed by atoms with Gasteiger partial charge in [0.2, 0.25) is 0 Å². The van der Waals surface area contributed by atoms with Crippen molar-refractivity contribution in [2.45, 2.75) is 57.1 Å². The summed E-state index contributed by atoms with van der Waals surface area (Å²) in [7, 11) is 0. The van der Waals surface area contributed by atoms with Gasteiger partial charge in [-0.15, -0.1) is 0 Å². The molecule has 0 radical (unpaired) electrons. The molecule has 0 amide bonds. The van der Waals surface area contributed by atoms with Crippen LogP contribution in [0.4, 0.5) is 0 Å². The van der Waals surface area contributed by atoms with Gasteiger partial charge < -0.3 is 10.4 Å². The van der Waals surface area contributed by atoms with Crippen LogP contribution in [-0.4, -0.2) is 28.3 Å². The first-order valence-electron chi connectivity index (χ1n) is 7.16. The Kier molecular flexibility index (Phi) is 5.37. The summed E-state index contributed by atoms with van der Waals surface area (Å²) in [6, 6.07) is 2.63. The first kappa shape index (κ1) is 14.9. The highest BCUT2D eigenvalue weighted by Gasteiger charge is 2.33. The third-order valence-corrected chi connectivity index (χ3v) is 4.33. The number of hydrogen-bond acceptors (Lipinski definition) is 3. The fourth-order valence-corrected chi connectivity index (χ4v) is 3.23. The molecule has 3 nitrogen and oxygen atoms in total. The SMILES string of the molecule is CCCNC1CCC(O)(Cc2cncc(Br)c2)CC1. The molecule has 2 N–H and O–H groups in total. The third-order valence-electron chi connectivity index (χ3n) is 3.89. The lowest BCUT2D eigenvalue weighted by Gasteiger charge is -2.36. The molecule has 4 heteroatoms. The van der Waals surface area contributed by atoms with E-state index in [1.54, 1.807) is 6.20 Å². The van der Waals surface area contributed by atoms with E-state index < -0.39 is 5.60 Å². The summed E-state index contributed by atoms with van der Waals surface area (Å²) in [6.07, 6.45) is 9.39. The van der Waals surface area contributed by atoms with Crippen molar-refractivity contribution < 1.29 is 5.11 Å². The Bertz CT molecular complexity index is 403. The smallest absolute Gasteiger partial charge is 0.0689 e. The average Bonchev–Trinajstić information content (AvgIpc) is 2.38. The van der Waals surface area contributed by atoms with Crippen LogP contribution in [0.3, 0.4) is 0 Å². The lowest BCUT2D eigenvalue weighted by atomic mass is 9.78. The maximum atomic E-state index is 10.7. The first-order chi connectivity index (χ1) is 9.11. The maximum Gasteiger partial charge on any atom is 0.0689 e. The zero-order valence-electron chi connectivity index (χ0n) is 11.5. The average molecular weight is 327 g/mol. The molecule has 1 saturated carbocycles. The minimum atomic E-state index is -0.549. The largest absolute Gasteiger partial charge is 0.390 e. The molecule has 19 heavy (non-hydrogen) atoms. The Morgan fingerprint density at radius 2 is 2.16 bits per heavy atom. The molecule has 1 aliphatic rings. The van der Waals surface area contributed by atoms with Gasteiger partial charge in [0.05, 0.1) is 5.60 Å². The summed E-state index contributed by atoms with van der Waals surface area (Å²) in [5.74, 6) is 0. The van der Waals surface area contributed by atoms with Crippen LogP contribution in [0.5, 0.6) is 0 Å². The van der Waals surface area contributed by atoms with E-state index in [-0.39, 0.29) is 0 Å². The van der Waals surface area contributed by atoms with Crippen molar-refractivity contribution in [1.29, 1.82) is 0 Å². The summed E-state index contributed by atoms with van der Waals surface area (Å²) in [4.78, 5) is 4.17. The maximum absolute atomic E-state index is 10.7. The van der Waals surface area contributed by atoms with Gasteiger partial charge in [-0.3, -0.25) is 4.98 Å². The van der Waals surface area contributed by atoms with Gasteiger partial charge in [-0.1, -0.05) is 6.92 Å². The monoisotopic (exact) mass is 326 g/mol. The highest BCUT2D eigenvalue weighted by Crippen LogP contribution is 2.31. The van der Waals surface area contributed by atoms with Gasteiger partial charge in [0.1, 0.15) is 0 Å². The van der Waals surface area contributed by atoms with E-state index in [0.29, 0.717) is 12.5 Å². The molecule has 0 aliphatic heterocycles. The van der Waals surface area contributed by atoms with Crippen LogP contribution in [0.2, 0.25) is 0 Å². The van der Waals surface area contributed by atoms with E-state index in [2.05, 4.69) is 33.2 Å². The number of pyridine rings is 1. The second-order valence-electron chi connectivity index (χ2n) is 5.64. The number of hydrogen-bond donors (Lipinski definition) is 2. The van der Waals surface area contributed by atoms with Crippen molar-refractivity contribution in [3.63, 3.8) is 0 Å². The second kappa shape index (κ2) is 6.82. The predicted molar refractivity (Wildman–Crippen MR) is 81.1 cm³/mol. The van der Waals surface area contributed by atoms with Crippen molar-refractivity contribution >= 4 is 15.9 Å². The number of nitrogens with one attached hydrogen (secondary N) is 1. The number of nitrogens with zero attached hydrogens (tertiary/aromatic N) is 1. The summed E-state index contributed by atoms with van der Waals surface area (Å²) >= 11 is 3.43. The van der Waals surface area contributed by atoms with Crippen molar-refractivity contribution in [3.8, 4) is 0 Å². The molecule has 1 aromatic heterocycles. The molecule has 0 aromatic carbocycles. The molecule has 2 rings (SSSR count). The predicted octanol–water partition coefficient (Wildman–Crippen LogP) is 3.06. The van der Waals surface area contributed by atoms with Crippen molar-refractivity contribution in [3.05, 3.63) is 28.5 Å². The van der Waals surface area contributed by atoms with Gasteiger partial charge in [0, 0.05) is 29.3 Å². The van der Waals surface area contributed by atoms with Crippen LogP contribution in [0.15, 0.2) is 22.9 Å². The van der Waals surface area contributed by atoms with Crippen LogP contribution in [0, 0.1) is 0 Å². The Morgan fingerprint density at radius 1 is 1.42 bits per heavy atom. The third kappa shape index (κ3) is 4.55. The molecule has 0 saturated heterocycles. The Hall–Kier alpha value is -0.450. The summed E-state index contributed by atoms with van der Waals surface area (Å²) in [6.45, 7) is 3.27. The normalized spacial score (nSPS) is 27.4. The molecular formula is C15H23BrN2O. The Balaban J connectivity index is 1.87. The molecule has 106 valence electrons. The number of aliphatic hydroxyl groups is 1. The van der Waals surface area contributed by atoms with Crippen LogP contribution in [0.25, 0.3) is 0 Å². The molecular weight excluding hydrogens is 304 g/mol. The lowest BCUT2D eigenvalue weighted by molar-refractivity contribution is -0.00313. The molecule has 0 atom stereocenters. The number of halogens is 1. The Labute approximate surface area is 124 Å². The fourth-order valence-electron chi connectivity index (χ4n) is 2.82. The van der Waals surface area contributed by atoms with Gasteiger partial charge in [0.25, 0.3) is 0 Å². The van der Waals surface area contributed by atoms with Crippen molar-refractivity contribution in [1.82, 2.24) is 10.3 Å². The van der Waals surface area contributed by atoms with Gasteiger partial charge >= 0.3 is 0 Å². The van der Waals surface area contributed by atoms with E-state index >= 15 is 0 Å². The van der Waals surface area contributed by atoms with Crippen molar-refractivity contribution in [2.75, 3.05) is 6.54 Å². The molecule has 0 unspecified atom stereocenters. The molecule has 1 aliphatic carbocycles. The highest BCUT2D eigenvalue weighted by molar-refractivity contribution is 9.10. The Morgan fingerprint density at radius 3 is 2.79 bits per heavy atom. The number of rotatable bonds is 5. The lowest BCUT2D eigenvalue weighted by Crippen LogP contribution is -2.42. The van der Waals surface area contributed by atoms with E-state index in [0.717, 1.165) is 42.3 Å². The summed E-state index contributed by atoms with van der Waals surface area (Å²) in [5, 5.41) is 14.2. The van der Waals surface area contributed by atoms with Crippen LogP contribution < -0.4 is 5.32 Å². The molecule has 1 fully saturated rings. The zero-order valence-corrected chi connectivity index (χ0v) is 13.1. The molecule has 0 spiro atoms. The van der Waals surface area contributed by atoms with Gasteiger partial charge in [-0.25, -0.2) is 0 Å². The molecule has 0 bridgehead atoms. The molecule has 1 heterocycles. The minimum absolute atomic E-state index is 0.549. The zero-order chi connectivity index (χ0) is 13.7. The van der Waals surface area contributed by atoms with Crippen LogP contribution in [0.1, 0.15) is 44.6 Å². The van der Waals surface area contributed by atoms with Crippen LogP contribution in [-0.2, 0) is 6.42 Å². The summed E-state index contributed by atoms with van der Waals surface area (Å²) in [5.41, 5.74) is 0.559. The quantitative estimate of drug-likeness (QED) is 0.874. The van der Waals surface area contributed by atoms with Gasteiger partial charge in [-0.05, 0) is 66.2 Å². The van der Waals surface area contributed by atoms with Gasteiger partial charge in [0.15, 0.2) is 0 Å². The van der Waals surface area contributed by atoms with E-state index in [9.17, 15) is 5.11 Å². The topological polar surface area (TPSA) is 45.1 Å². The summed E-state index contributed by atoms with van der Waals surface area (Å²) < 4.78 is 0.979. The standard InChI is InChI=1S/C15H23BrN2O/c1-2-7-18-14-3-5-15(19,6-4-14)9-12-8-13(16)11-17-10-12/h8,10-11,14,18-19H,2-7,9H2,1H3. The fraction of sp³-hybridized carbons (Fsp3) is 0.667. The minimum Gasteiger partial charge on any atom is -0.390 e. The van der Waals surface area contributed by atoms with E-state index in [1.807, 2.05) is 12.3 Å².